The van der Waals surface area contributed by atoms with Crippen molar-refractivity contribution in [2.75, 3.05) is 11.9 Å². The van der Waals surface area contributed by atoms with E-state index in [-0.39, 0.29) is 24.2 Å². The normalized spacial score (nSPS) is 11.7. The minimum absolute atomic E-state index is 0.0696. The molecule has 0 radical (unpaired) electrons. The Kier molecular flexibility index (Phi) is 5.66. The Hall–Kier alpha value is -2.21. The van der Waals surface area contributed by atoms with Gasteiger partial charge in [-0.1, -0.05) is 6.07 Å². The summed E-state index contributed by atoms with van der Waals surface area (Å²) in [6.07, 6.45) is 0.220. The summed E-state index contributed by atoms with van der Waals surface area (Å²) in [7, 11) is 0. The van der Waals surface area contributed by atoms with Gasteiger partial charge in [-0.3, -0.25) is 9.59 Å². The minimum Gasteiger partial charge on any atom is -0.355 e. The molecule has 0 aliphatic carbocycles. The molecule has 0 saturated carbocycles. The predicted octanol–water partition coefficient (Wildman–Crippen LogP) is 2.70. The summed E-state index contributed by atoms with van der Waals surface area (Å²) in [5.41, 5.74) is 1.84. The molecule has 2 aromatic rings. The standard InChI is InChI=1S/C16H19N3O2S/c1-11-4-3-5-14(18-11)19-15(20)6-8-17-16(21)12(2)13-7-9-22-10-13/h3-5,7,9-10,12H,6,8H2,1-2H3,(H,17,21)(H,18,19,20). The maximum absolute atomic E-state index is 12.0. The summed E-state index contributed by atoms with van der Waals surface area (Å²) in [6, 6.07) is 7.37. The smallest absolute Gasteiger partial charge is 0.227 e. The zero-order valence-electron chi connectivity index (χ0n) is 12.6. The molecule has 1 unspecified atom stereocenters. The van der Waals surface area contributed by atoms with E-state index in [0.717, 1.165) is 11.3 Å². The number of aromatic nitrogens is 1. The lowest BCUT2D eigenvalue weighted by atomic mass is 10.0. The number of carbonyl (C=O) groups excluding carboxylic acids is 2. The van der Waals surface area contributed by atoms with Gasteiger partial charge in [0.25, 0.3) is 0 Å². The number of rotatable bonds is 6. The lowest BCUT2D eigenvalue weighted by Crippen LogP contribution is -2.30. The van der Waals surface area contributed by atoms with Crippen molar-refractivity contribution in [1.82, 2.24) is 10.3 Å². The second-order valence-electron chi connectivity index (χ2n) is 5.03. The Bertz CT molecular complexity index is 641. The van der Waals surface area contributed by atoms with Crippen LogP contribution in [-0.4, -0.2) is 23.3 Å². The van der Waals surface area contributed by atoms with Gasteiger partial charge in [0.2, 0.25) is 11.8 Å². The van der Waals surface area contributed by atoms with Crippen molar-refractivity contribution in [2.24, 2.45) is 0 Å². The number of hydrogen-bond donors (Lipinski definition) is 2. The quantitative estimate of drug-likeness (QED) is 0.860. The summed E-state index contributed by atoms with van der Waals surface area (Å²) in [5, 5.41) is 9.40. The maximum atomic E-state index is 12.0. The Morgan fingerprint density at radius 2 is 2.14 bits per heavy atom. The second-order valence-corrected chi connectivity index (χ2v) is 5.81. The Labute approximate surface area is 133 Å². The summed E-state index contributed by atoms with van der Waals surface area (Å²) in [6.45, 7) is 4.03. The number of aryl methyl sites for hydroxylation is 1. The van der Waals surface area contributed by atoms with E-state index in [1.807, 2.05) is 42.8 Å². The molecule has 2 amide bonds. The molecule has 22 heavy (non-hydrogen) atoms. The first-order valence-electron chi connectivity index (χ1n) is 7.09. The van der Waals surface area contributed by atoms with Crippen LogP contribution in [0.15, 0.2) is 35.0 Å². The number of hydrogen-bond acceptors (Lipinski definition) is 4. The molecule has 2 heterocycles. The molecule has 2 rings (SSSR count). The van der Waals surface area contributed by atoms with Gasteiger partial charge in [-0.05, 0) is 48.4 Å². The predicted molar refractivity (Wildman–Crippen MR) is 88.0 cm³/mol. The molecule has 6 heteroatoms. The van der Waals surface area contributed by atoms with E-state index in [1.165, 1.54) is 0 Å². The van der Waals surface area contributed by atoms with Gasteiger partial charge in [0, 0.05) is 18.7 Å². The molecule has 1 atom stereocenters. The zero-order chi connectivity index (χ0) is 15.9. The molecule has 0 spiro atoms. The fourth-order valence-electron chi connectivity index (χ4n) is 1.94. The van der Waals surface area contributed by atoms with Crippen LogP contribution in [0.1, 0.15) is 30.5 Å². The number of carbonyl (C=O) groups is 2. The highest BCUT2D eigenvalue weighted by molar-refractivity contribution is 7.08. The minimum atomic E-state index is -0.201. The number of nitrogens with one attached hydrogen (secondary N) is 2. The number of pyridine rings is 1. The van der Waals surface area contributed by atoms with Gasteiger partial charge in [-0.2, -0.15) is 11.3 Å². The molecule has 0 aromatic carbocycles. The van der Waals surface area contributed by atoms with Crippen LogP contribution in [0.2, 0.25) is 0 Å². The van der Waals surface area contributed by atoms with Gasteiger partial charge in [-0.15, -0.1) is 0 Å². The summed E-state index contributed by atoms with van der Waals surface area (Å²) in [4.78, 5) is 28.0. The third-order valence-electron chi connectivity index (χ3n) is 3.24. The first kappa shape index (κ1) is 16.2. The number of anilines is 1. The average molecular weight is 317 g/mol. The Morgan fingerprint density at radius 1 is 1.32 bits per heavy atom. The van der Waals surface area contributed by atoms with E-state index in [9.17, 15) is 9.59 Å². The lowest BCUT2D eigenvalue weighted by Gasteiger charge is -2.11. The van der Waals surface area contributed by atoms with Gasteiger partial charge in [0.1, 0.15) is 5.82 Å². The Morgan fingerprint density at radius 3 is 2.82 bits per heavy atom. The molecule has 2 N–H and O–H groups in total. The monoisotopic (exact) mass is 317 g/mol. The van der Waals surface area contributed by atoms with E-state index < -0.39 is 0 Å². The molecule has 0 fully saturated rings. The van der Waals surface area contributed by atoms with Crippen molar-refractivity contribution in [3.05, 3.63) is 46.3 Å². The molecule has 0 saturated heterocycles. The fraction of sp³-hybridized carbons (Fsp3) is 0.312. The molecule has 0 bridgehead atoms. The number of nitrogens with zero attached hydrogens (tertiary/aromatic N) is 1. The van der Waals surface area contributed by atoms with Crippen LogP contribution >= 0.6 is 11.3 Å². The maximum Gasteiger partial charge on any atom is 0.227 e. The van der Waals surface area contributed by atoms with Crippen LogP contribution in [0.25, 0.3) is 0 Å². The second kappa shape index (κ2) is 7.70. The molecule has 2 aromatic heterocycles. The van der Waals surface area contributed by atoms with E-state index in [4.69, 9.17) is 0 Å². The lowest BCUT2D eigenvalue weighted by molar-refractivity contribution is -0.122. The number of thiophene rings is 1. The largest absolute Gasteiger partial charge is 0.355 e. The van der Waals surface area contributed by atoms with Crippen LogP contribution in [0, 0.1) is 6.92 Å². The third kappa shape index (κ3) is 4.66. The van der Waals surface area contributed by atoms with Gasteiger partial charge in [-0.25, -0.2) is 4.98 Å². The third-order valence-corrected chi connectivity index (χ3v) is 3.95. The summed E-state index contributed by atoms with van der Waals surface area (Å²) < 4.78 is 0. The molecule has 116 valence electrons. The van der Waals surface area contributed by atoms with E-state index in [1.54, 1.807) is 17.4 Å². The van der Waals surface area contributed by atoms with Crippen LogP contribution in [-0.2, 0) is 9.59 Å². The fourth-order valence-corrected chi connectivity index (χ4v) is 2.70. The SMILES string of the molecule is Cc1cccc(NC(=O)CCNC(=O)C(C)c2ccsc2)n1. The zero-order valence-corrected chi connectivity index (χ0v) is 13.4. The highest BCUT2D eigenvalue weighted by atomic mass is 32.1. The van der Waals surface area contributed by atoms with Crippen molar-refractivity contribution in [2.45, 2.75) is 26.2 Å². The molecular formula is C16H19N3O2S. The van der Waals surface area contributed by atoms with Gasteiger partial charge in [0.05, 0.1) is 5.92 Å². The van der Waals surface area contributed by atoms with Gasteiger partial charge in [0.15, 0.2) is 0 Å². The van der Waals surface area contributed by atoms with Crippen molar-refractivity contribution >= 4 is 29.0 Å². The first-order valence-corrected chi connectivity index (χ1v) is 8.04. The topological polar surface area (TPSA) is 71.1 Å². The van der Waals surface area contributed by atoms with Gasteiger partial charge < -0.3 is 10.6 Å². The van der Waals surface area contributed by atoms with E-state index in [2.05, 4.69) is 15.6 Å². The summed E-state index contributed by atoms with van der Waals surface area (Å²) in [5.74, 6) is 0.0946. The molecule has 0 aliphatic heterocycles. The van der Waals surface area contributed by atoms with Gasteiger partial charge >= 0.3 is 0 Å². The highest BCUT2D eigenvalue weighted by Crippen LogP contribution is 2.18. The number of amides is 2. The van der Waals surface area contributed by atoms with Crippen molar-refractivity contribution in [3.63, 3.8) is 0 Å². The van der Waals surface area contributed by atoms with Crippen molar-refractivity contribution in [3.8, 4) is 0 Å². The van der Waals surface area contributed by atoms with E-state index >= 15 is 0 Å². The van der Waals surface area contributed by atoms with Crippen LogP contribution < -0.4 is 10.6 Å². The average Bonchev–Trinajstić information content (AvgIpc) is 3.00. The first-order chi connectivity index (χ1) is 10.6. The summed E-state index contributed by atoms with van der Waals surface area (Å²) >= 11 is 1.57. The van der Waals surface area contributed by atoms with Crippen LogP contribution in [0.4, 0.5) is 5.82 Å². The molecule has 5 nitrogen and oxygen atoms in total. The molecular weight excluding hydrogens is 298 g/mol. The Balaban J connectivity index is 1.74. The van der Waals surface area contributed by atoms with Crippen LogP contribution in [0.5, 0.6) is 0 Å². The highest BCUT2D eigenvalue weighted by Gasteiger charge is 2.15. The van der Waals surface area contributed by atoms with Crippen molar-refractivity contribution < 1.29 is 9.59 Å². The van der Waals surface area contributed by atoms with Crippen molar-refractivity contribution in [1.29, 1.82) is 0 Å². The van der Waals surface area contributed by atoms with Crippen LogP contribution in [0.3, 0.4) is 0 Å². The van der Waals surface area contributed by atoms with E-state index in [0.29, 0.717) is 12.4 Å². The molecule has 0 aliphatic rings.